The number of aromatic nitrogens is 1. The van der Waals surface area contributed by atoms with E-state index in [1.165, 1.54) is 18.3 Å². The van der Waals surface area contributed by atoms with Gasteiger partial charge in [0.2, 0.25) is 5.91 Å². The third-order valence-electron chi connectivity index (χ3n) is 3.02. The Morgan fingerprint density at radius 2 is 1.96 bits per heavy atom. The highest BCUT2D eigenvalue weighted by molar-refractivity contribution is 14.1. The number of benzene rings is 2. The molecule has 0 radical (unpaired) electrons. The highest BCUT2D eigenvalue weighted by Gasteiger charge is 2.10. The Morgan fingerprint density at radius 1 is 1.13 bits per heavy atom. The lowest BCUT2D eigenvalue weighted by molar-refractivity contribution is -0.114. The summed E-state index contributed by atoms with van der Waals surface area (Å²) in [6.07, 6.45) is 0. The molecule has 0 aliphatic heterocycles. The average Bonchev–Trinajstić information content (AvgIpc) is 2.88. The van der Waals surface area contributed by atoms with Crippen LogP contribution in [0.5, 0.6) is 0 Å². The van der Waals surface area contributed by atoms with Gasteiger partial charge in [0.1, 0.15) is 0 Å². The number of hydrogen-bond acceptors (Lipinski definition) is 4. The fraction of sp³-hybridized carbons (Fsp3) is 0.0625. The van der Waals surface area contributed by atoms with Crippen molar-refractivity contribution in [3.05, 3.63) is 51.6 Å². The maximum Gasteiger partial charge on any atom is 0.257 e. The molecule has 0 aliphatic carbocycles. The quantitative estimate of drug-likeness (QED) is 0.606. The lowest BCUT2D eigenvalue weighted by Crippen LogP contribution is -2.11. The predicted octanol–water partition coefficient (Wildman–Crippen LogP) is 4.11. The Labute approximate surface area is 150 Å². The second kappa shape index (κ2) is 6.63. The van der Waals surface area contributed by atoms with E-state index in [1.807, 2.05) is 30.3 Å². The van der Waals surface area contributed by atoms with Crippen molar-refractivity contribution in [1.29, 1.82) is 0 Å². The predicted molar refractivity (Wildman–Crippen MR) is 101 cm³/mol. The number of anilines is 2. The molecule has 0 unspecified atom stereocenters. The van der Waals surface area contributed by atoms with E-state index in [1.54, 1.807) is 12.1 Å². The highest BCUT2D eigenvalue weighted by atomic mass is 127. The zero-order valence-corrected chi connectivity index (χ0v) is 15.1. The molecular formula is C16H12IN3O2S. The van der Waals surface area contributed by atoms with Crippen LogP contribution in [0.1, 0.15) is 17.3 Å². The summed E-state index contributed by atoms with van der Waals surface area (Å²) in [6, 6.07) is 12.8. The van der Waals surface area contributed by atoms with Crippen LogP contribution in [0.3, 0.4) is 0 Å². The normalized spacial score (nSPS) is 10.5. The Kier molecular flexibility index (Phi) is 4.58. The summed E-state index contributed by atoms with van der Waals surface area (Å²) in [5.41, 5.74) is 2.08. The minimum absolute atomic E-state index is 0.124. The van der Waals surface area contributed by atoms with E-state index in [2.05, 4.69) is 38.2 Å². The van der Waals surface area contributed by atoms with Gasteiger partial charge in [-0.1, -0.05) is 17.4 Å². The van der Waals surface area contributed by atoms with Gasteiger partial charge in [-0.2, -0.15) is 0 Å². The number of hydrogen-bond donors (Lipinski definition) is 2. The van der Waals surface area contributed by atoms with Crippen LogP contribution in [-0.4, -0.2) is 16.8 Å². The summed E-state index contributed by atoms with van der Waals surface area (Å²) in [5.74, 6) is -0.314. The number of thiazole rings is 1. The molecule has 7 heteroatoms. The molecule has 5 nitrogen and oxygen atoms in total. The average molecular weight is 437 g/mol. The van der Waals surface area contributed by atoms with E-state index in [4.69, 9.17) is 0 Å². The second-order valence-electron chi connectivity index (χ2n) is 4.85. The maximum atomic E-state index is 12.3. The van der Waals surface area contributed by atoms with Gasteiger partial charge in [0.25, 0.3) is 5.91 Å². The Bertz CT molecular complexity index is 907. The van der Waals surface area contributed by atoms with Crippen LogP contribution in [-0.2, 0) is 4.79 Å². The van der Waals surface area contributed by atoms with Crippen molar-refractivity contribution in [3.63, 3.8) is 0 Å². The lowest BCUT2D eigenvalue weighted by Gasteiger charge is -2.01. The third kappa shape index (κ3) is 3.85. The van der Waals surface area contributed by atoms with Gasteiger partial charge in [0.15, 0.2) is 5.13 Å². The van der Waals surface area contributed by atoms with Crippen molar-refractivity contribution in [2.24, 2.45) is 0 Å². The Hall–Kier alpha value is -2.00. The standard InChI is InChI=1S/C16H12IN3O2S/c1-9(21)18-12-5-6-13-14(8-12)23-16(19-13)20-15(22)10-3-2-4-11(17)7-10/h2-8H,1H3,(H,18,21)(H,19,20,22). The largest absolute Gasteiger partial charge is 0.326 e. The van der Waals surface area contributed by atoms with Crippen LogP contribution in [0, 0.1) is 3.57 Å². The molecule has 1 aromatic heterocycles. The number of fused-ring (bicyclic) bond motifs is 1. The van der Waals surface area contributed by atoms with Crippen molar-refractivity contribution in [3.8, 4) is 0 Å². The van der Waals surface area contributed by atoms with E-state index < -0.39 is 0 Å². The number of carbonyl (C=O) groups excluding carboxylic acids is 2. The molecule has 0 atom stereocenters. The molecule has 116 valence electrons. The van der Waals surface area contributed by atoms with E-state index in [9.17, 15) is 9.59 Å². The molecule has 0 saturated carbocycles. The van der Waals surface area contributed by atoms with Gasteiger partial charge in [0, 0.05) is 21.7 Å². The molecule has 3 rings (SSSR count). The van der Waals surface area contributed by atoms with Crippen LogP contribution in [0.2, 0.25) is 0 Å². The lowest BCUT2D eigenvalue weighted by atomic mass is 10.2. The fourth-order valence-corrected chi connectivity index (χ4v) is 3.50. The first kappa shape index (κ1) is 15.9. The van der Waals surface area contributed by atoms with Gasteiger partial charge in [-0.25, -0.2) is 4.98 Å². The first-order chi connectivity index (χ1) is 11.0. The molecule has 1 heterocycles. The smallest absolute Gasteiger partial charge is 0.257 e. The van der Waals surface area contributed by atoms with Gasteiger partial charge in [0.05, 0.1) is 10.2 Å². The number of rotatable bonds is 3. The van der Waals surface area contributed by atoms with Gasteiger partial charge in [-0.05, 0) is 59.0 Å². The monoisotopic (exact) mass is 437 g/mol. The molecule has 0 bridgehead atoms. The number of nitrogens with one attached hydrogen (secondary N) is 2. The third-order valence-corrected chi connectivity index (χ3v) is 4.62. The van der Waals surface area contributed by atoms with Crippen molar-refractivity contribution >= 4 is 66.8 Å². The molecule has 2 amide bonds. The van der Waals surface area contributed by atoms with Crippen LogP contribution in [0.4, 0.5) is 10.8 Å². The number of nitrogens with zero attached hydrogens (tertiary/aromatic N) is 1. The van der Waals surface area contributed by atoms with Crippen molar-refractivity contribution in [2.75, 3.05) is 10.6 Å². The molecule has 3 aromatic rings. The fourth-order valence-electron chi connectivity index (χ4n) is 2.06. The Morgan fingerprint density at radius 3 is 2.70 bits per heavy atom. The molecule has 0 saturated heterocycles. The van der Waals surface area contributed by atoms with Crippen LogP contribution in [0.15, 0.2) is 42.5 Å². The van der Waals surface area contributed by atoms with E-state index >= 15 is 0 Å². The van der Waals surface area contributed by atoms with E-state index in [-0.39, 0.29) is 11.8 Å². The molecule has 2 aromatic carbocycles. The summed E-state index contributed by atoms with van der Waals surface area (Å²) in [5, 5.41) is 6.08. The summed E-state index contributed by atoms with van der Waals surface area (Å²) in [7, 11) is 0. The van der Waals surface area contributed by atoms with Crippen molar-refractivity contribution in [2.45, 2.75) is 6.92 Å². The first-order valence-corrected chi connectivity index (χ1v) is 8.66. The van der Waals surface area contributed by atoms with Crippen molar-refractivity contribution < 1.29 is 9.59 Å². The van der Waals surface area contributed by atoms with Gasteiger partial charge < -0.3 is 5.32 Å². The molecule has 23 heavy (non-hydrogen) atoms. The summed E-state index contributed by atoms with van der Waals surface area (Å²) in [6.45, 7) is 1.46. The molecular weight excluding hydrogens is 425 g/mol. The topological polar surface area (TPSA) is 71.1 Å². The van der Waals surface area contributed by atoms with Gasteiger partial charge in [-0.15, -0.1) is 0 Å². The zero-order chi connectivity index (χ0) is 16.4. The maximum absolute atomic E-state index is 12.3. The van der Waals surface area contributed by atoms with Crippen molar-refractivity contribution in [1.82, 2.24) is 4.98 Å². The van der Waals surface area contributed by atoms with E-state index in [0.717, 1.165) is 13.8 Å². The summed E-state index contributed by atoms with van der Waals surface area (Å²) in [4.78, 5) is 27.7. The van der Waals surface area contributed by atoms with Crippen LogP contribution >= 0.6 is 33.9 Å². The SMILES string of the molecule is CC(=O)Nc1ccc2nc(NC(=O)c3cccc(I)c3)sc2c1. The number of amides is 2. The highest BCUT2D eigenvalue weighted by Crippen LogP contribution is 2.28. The minimum Gasteiger partial charge on any atom is -0.326 e. The molecule has 2 N–H and O–H groups in total. The molecule has 0 spiro atoms. The van der Waals surface area contributed by atoms with Gasteiger partial charge >= 0.3 is 0 Å². The van der Waals surface area contributed by atoms with Crippen LogP contribution < -0.4 is 10.6 Å². The van der Waals surface area contributed by atoms with E-state index in [0.29, 0.717) is 16.4 Å². The Balaban J connectivity index is 1.83. The van der Waals surface area contributed by atoms with Crippen LogP contribution in [0.25, 0.3) is 10.2 Å². The summed E-state index contributed by atoms with van der Waals surface area (Å²) < 4.78 is 1.90. The summed E-state index contributed by atoms with van der Waals surface area (Å²) >= 11 is 3.54. The zero-order valence-electron chi connectivity index (χ0n) is 12.1. The molecule has 0 aliphatic rings. The molecule has 0 fully saturated rings. The first-order valence-electron chi connectivity index (χ1n) is 6.76. The minimum atomic E-state index is -0.190. The van der Waals surface area contributed by atoms with Gasteiger partial charge in [-0.3, -0.25) is 14.9 Å². The number of halogens is 1. The second-order valence-corrected chi connectivity index (χ2v) is 7.12. The number of carbonyl (C=O) groups is 2.